The van der Waals surface area contributed by atoms with Gasteiger partial charge in [-0.15, -0.1) is 0 Å². The lowest BCUT2D eigenvalue weighted by Crippen LogP contribution is -2.39. The first-order valence-corrected chi connectivity index (χ1v) is 8.43. The Kier molecular flexibility index (Phi) is 5.99. The minimum absolute atomic E-state index is 0.286. The summed E-state index contributed by atoms with van der Waals surface area (Å²) >= 11 is 8.10. The van der Waals surface area contributed by atoms with Gasteiger partial charge in [-0.25, -0.2) is 4.39 Å². The van der Waals surface area contributed by atoms with Crippen LogP contribution in [0.15, 0.2) is 18.2 Å². The lowest BCUT2D eigenvalue weighted by Gasteiger charge is -2.24. The molecule has 2 atom stereocenters. The van der Waals surface area contributed by atoms with Crippen molar-refractivity contribution in [3.63, 3.8) is 0 Å². The maximum absolute atomic E-state index is 13.5. The first kappa shape index (κ1) is 15.1. The Hall–Kier alpha value is -0.250. The molecule has 1 aromatic rings. The minimum Gasteiger partial charge on any atom is -0.313 e. The minimum atomic E-state index is -0.313. The maximum atomic E-state index is 13.5. The number of benzene rings is 1. The quantitative estimate of drug-likeness (QED) is 0.841. The van der Waals surface area contributed by atoms with Crippen LogP contribution in [-0.4, -0.2) is 23.6 Å². The molecular formula is C15H21ClFNS. The van der Waals surface area contributed by atoms with E-state index in [4.69, 9.17) is 11.6 Å². The zero-order valence-electron chi connectivity index (χ0n) is 11.3. The topological polar surface area (TPSA) is 12.0 Å². The van der Waals surface area contributed by atoms with E-state index in [1.807, 2.05) is 17.8 Å². The van der Waals surface area contributed by atoms with Crippen LogP contribution >= 0.6 is 23.4 Å². The lowest BCUT2D eigenvalue weighted by atomic mass is 10.0. The molecule has 1 nitrogen and oxygen atoms in total. The van der Waals surface area contributed by atoms with Crippen molar-refractivity contribution >= 4 is 23.4 Å². The molecule has 106 valence electrons. The molecule has 19 heavy (non-hydrogen) atoms. The summed E-state index contributed by atoms with van der Waals surface area (Å²) in [6, 6.07) is 5.50. The standard InChI is InChI=1S/C15H21ClFNS/c1-2-8-18-13(14-7-4-9-19-14)10-11-5-3-6-12(17)15(11)16/h3,5-6,13-14,18H,2,4,7-10H2,1H3. The van der Waals surface area contributed by atoms with Gasteiger partial charge in [0.2, 0.25) is 0 Å². The molecule has 1 N–H and O–H groups in total. The number of rotatable bonds is 6. The van der Waals surface area contributed by atoms with Crippen molar-refractivity contribution in [2.45, 2.75) is 43.9 Å². The summed E-state index contributed by atoms with van der Waals surface area (Å²) in [7, 11) is 0. The Bertz CT molecular complexity index is 407. The first-order valence-electron chi connectivity index (χ1n) is 7.00. The summed E-state index contributed by atoms with van der Waals surface area (Å²) in [5, 5.41) is 4.52. The van der Waals surface area contributed by atoms with Crippen molar-refractivity contribution < 1.29 is 4.39 Å². The van der Waals surface area contributed by atoms with Gasteiger partial charge in [-0.1, -0.05) is 30.7 Å². The monoisotopic (exact) mass is 301 g/mol. The number of halogens is 2. The molecule has 0 radical (unpaired) electrons. The highest BCUT2D eigenvalue weighted by atomic mass is 35.5. The molecule has 1 aliphatic rings. The summed E-state index contributed by atoms with van der Waals surface area (Å²) in [6.45, 7) is 3.18. The van der Waals surface area contributed by atoms with Gasteiger partial charge in [0.25, 0.3) is 0 Å². The lowest BCUT2D eigenvalue weighted by molar-refractivity contribution is 0.481. The van der Waals surface area contributed by atoms with Gasteiger partial charge in [0.05, 0.1) is 5.02 Å². The van der Waals surface area contributed by atoms with Gasteiger partial charge >= 0.3 is 0 Å². The normalized spacial score (nSPS) is 20.7. The molecule has 0 spiro atoms. The second kappa shape index (κ2) is 7.51. The highest BCUT2D eigenvalue weighted by Crippen LogP contribution is 2.31. The van der Waals surface area contributed by atoms with Crippen LogP contribution < -0.4 is 5.32 Å². The number of hydrogen-bond acceptors (Lipinski definition) is 2. The predicted molar refractivity (Wildman–Crippen MR) is 82.7 cm³/mol. The molecule has 1 aromatic carbocycles. The Morgan fingerprint density at radius 3 is 3.05 bits per heavy atom. The van der Waals surface area contributed by atoms with Crippen molar-refractivity contribution in [2.24, 2.45) is 0 Å². The molecule has 0 bridgehead atoms. The van der Waals surface area contributed by atoms with E-state index in [0.29, 0.717) is 11.3 Å². The van der Waals surface area contributed by atoms with E-state index < -0.39 is 0 Å². The molecule has 0 amide bonds. The Balaban J connectivity index is 2.07. The number of thioether (sulfide) groups is 1. The van der Waals surface area contributed by atoms with Crippen molar-refractivity contribution in [3.8, 4) is 0 Å². The Labute approximate surface area is 124 Å². The smallest absolute Gasteiger partial charge is 0.142 e. The van der Waals surface area contributed by atoms with Gasteiger partial charge in [0.15, 0.2) is 0 Å². The van der Waals surface area contributed by atoms with Crippen LogP contribution in [-0.2, 0) is 6.42 Å². The molecule has 4 heteroatoms. The first-order chi connectivity index (χ1) is 9.22. The fourth-order valence-corrected chi connectivity index (χ4v) is 4.13. The van der Waals surface area contributed by atoms with Crippen LogP contribution in [0.5, 0.6) is 0 Å². The largest absolute Gasteiger partial charge is 0.313 e. The average Bonchev–Trinajstić information content (AvgIpc) is 2.93. The molecule has 1 saturated heterocycles. The molecule has 0 aromatic heterocycles. The van der Waals surface area contributed by atoms with Gasteiger partial charge < -0.3 is 5.32 Å². The second-order valence-corrected chi connectivity index (χ2v) is 6.75. The fourth-order valence-electron chi connectivity index (χ4n) is 2.53. The van der Waals surface area contributed by atoms with E-state index in [2.05, 4.69) is 12.2 Å². The third-order valence-corrected chi connectivity index (χ3v) is 5.48. The van der Waals surface area contributed by atoms with E-state index in [-0.39, 0.29) is 10.8 Å². The van der Waals surface area contributed by atoms with Crippen molar-refractivity contribution in [1.29, 1.82) is 0 Å². The van der Waals surface area contributed by atoms with Crippen LogP contribution in [0.4, 0.5) is 4.39 Å². The summed E-state index contributed by atoms with van der Waals surface area (Å²) < 4.78 is 13.5. The summed E-state index contributed by atoms with van der Waals surface area (Å²) in [5.41, 5.74) is 0.919. The van der Waals surface area contributed by atoms with Crippen LogP contribution in [0.25, 0.3) is 0 Å². The van der Waals surface area contributed by atoms with Gasteiger partial charge in [-0.3, -0.25) is 0 Å². The zero-order valence-corrected chi connectivity index (χ0v) is 12.9. The molecule has 2 rings (SSSR count). The summed E-state index contributed by atoms with van der Waals surface area (Å²) in [5.74, 6) is 0.929. The molecule has 1 aliphatic heterocycles. The van der Waals surface area contributed by atoms with Gasteiger partial charge in [0, 0.05) is 11.3 Å². The van der Waals surface area contributed by atoms with E-state index >= 15 is 0 Å². The van der Waals surface area contributed by atoms with E-state index in [1.54, 1.807) is 6.07 Å². The van der Waals surface area contributed by atoms with E-state index in [0.717, 1.165) is 24.9 Å². The van der Waals surface area contributed by atoms with Crippen LogP contribution in [0.1, 0.15) is 31.7 Å². The van der Waals surface area contributed by atoms with Crippen molar-refractivity contribution in [2.75, 3.05) is 12.3 Å². The number of hydrogen-bond donors (Lipinski definition) is 1. The molecule has 2 unspecified atom stereocenters. The fraction of sp³-hybridized carbons (Fsp3) is 0.600. The maximum Gasteiger partial charge on any atom is 0.142 e. The highest BCUT2D eigenvalue weighted by Gasteiger charge is 2.26. The van der Waals surface area contributed by atoms with Crippen LogP contribution in [0.2, 0.25) is 5.02 Å². The molecule has 1 heterocycles. The Morgan fingerprint density at radius 2 is 2.37 bits per heavy atom. The average molecular weight is 302 g/mol. The van der Waals surface area contributed by atoms with Crippen LogP contribution in [0, 0.1) is 5.82 Å². The summed E-state index contributed by atoms with van der Waals surface area (Å²) in [4.78, 5) is 0. The van der Waals surface area contributed by atoms with Crippen molar-refractivity contribution in [1.82, 2.24) is 5.32 Å². The third kappa shape index (κ3) is 4.11. The molecule has 1 fully saturated rings. The second-order valence-electron chi connectivity index (χ2n) is 5.03. The highest BCUT2D eigenvalue weighted by molar-refractivity contribution is 8.00. The van der Waals surface area contributed by atoms with Crippen LogP contribution in [0.3, 0.4) is 0 Å². The van der Waals surface area contributed by atoms with Gasteiger partial charge in [0.1, 0.15) is 5.82 Å². The van der Waals surface area contributed by atoms with Crippen molar-refractivity contribution in [3.05, 3.63) is 34.6 Å². The predicted octanol–water partition coefficient (Wildman–Crippen LogP) is 4.29. The number of nitrogens with one attached hydrogen (secondary N) is 1. The zero-order chi connectivity index (χ0) is 13.7. The Morgan fingerprint density at radius 1 is 1.53 bits per heavy atom. The van der Waals surface area contributed by atoms with Gasteiger partial charge in [-0.2, -0.15) is 11.8 Å². The molecular weight excluding hydrogens is 281 g/mol. The summed E-state index contributed by atoms with van der Waals surface area (Å²) in [6.07, 6.45) is 4.47. The molecule has 0 saturated carbocycles. The van der Waals surface area contributed by atoms with Gasteiger partial charge in [-0.05, 0) is 49.6 Å². The van der Waals surface area contributed by atoms with E-state index in [1.165, 1.54) is 24.7 Å². The molecule has 0 aliphatic carbocycles. The SMILES string of the molecule is CCCNC(Cc1cccc(F)c1Cl)C1CCCS1. The van der Waals surface area contributed by atoms with E-state index in [9.17, 15) is 4.39 Å². The third-order valence-electron chi connectivity index (χ3n) is 3.54.